The van der Waals surface area contributed by atoms with Crippen LogP contribution in [0.4, 0.5) is 5.69 Å². The molecule has 0 unspecified atom stereocenters. The lowest BCUT2D eigenvalue weighted by Gasteiger charge is -2.14. The minimum Gasteiger partial charge on any atom is -0.490 e. The van der Waals surface area contributed by atoms with E-state index in [1.807, 2.05) is 38.1 Å². The predicted octanol–water partition coefficient (Wildman–Crippen LogP) is 4.59. The molecule has 2 aromatic rings. The Hall–Kier alpha value is -2.41. The first-order valence-electron chi connectivity index (χ1n) is 9.38. The molecule has 7 heteroatoms. The molecule has 150 valence electrons. The third kappa shape index (κ3) is 5.10. The second kappa shape index (κ2) is 9.68. The largest absolute Gasteiger partial charge is 0.490 e. The van der Waals surface area contributed by atoms with Gasteiger partial charge in [0.2, 0.25) is 5.91 Å². The SMILES string of the molecule is CCOc1cc(Br)c(CC(=O)Nc2ccc3c(c2)OCCCO3)cc1OCC. The van der Waals surface area contributed by atoms with Crippen molar-refractivity contribution in [2.24, 2.45) is 0 Å². The molecule has 2 aromatic carbocycles. The van der Waals surface area contributed by atoms with E-state index in [9.17, 15) is 4.79 Å². The van der Waals surface area contributed by atoms with Gasteiger partial charge in [0.15, 0.2) is 23.0 Å². The second-order valence-electron chi connectivity index (χ2n) is 6.19. The van der Waals surface area contributed by atoms with Crippen molar-refractivity contribution in [3.8, 4) is 23.0 Å². The van der Waals surface area contributed by atoms with Crippen LogP contribution >= 0.6 is 15.9 Å². The van der Waals surface area contributed by atoms with E-state index < -0.39 is 0 Å². The molecule has 0 fully saturated rings. The molecule has 6 nitrogen and oxygen atoms in total. The molecule has 3 rings (SSSR count). The predicted molar refractivity (Wildman–Crippen MR) is 111 cm³/mol. The minimum atomic E-state index is -0.137. The number of amides is 1. The van der Waals surface area contributed by atoms with Gasteiger partial charge in [-0.05, 0) is 43.7 Å². The number of anilines is 1. The van der Waals surface area contributed by atoms with Crippen LogP contribution in [0.15, 0.2) is 34.8 Å². The molecule has 0 saturated heterocycles. The average molecular weight is 450 g/mol. The molecule has 1 heterocycles. The summed E-state index contributed by atoms with van der Waals surface area (Å²) in [6, 6.07) is 9.09. The maximum atomic E-state index is 12.6. The minimum absolute atomic E-state index is 0.137. The van der Waals surface area contributed by atoms with Crippen molar-refractivity contribution < 1.29 is 23.7 Å². The molecule has 0 atom stereocenters. The van der Waals surface area contributed by atoms with Gasteiger partial charge in [-0.2, -0.15) is 0 Å². The van der Waals surface area contributed by atoms with Gasteiger partial charge in [-0.1, -0.05) is 15.9 Å². The fraction of sp³-hybridized carbons (Fsp3) is 0.381. The molecular weight excluding hydrogens is 426 g/mol. The van der Waals surface area contributed by atoms with Gasteiger partial charge >= 0.3 is 0 Å². The Morgan fingerprint density at radius 3 is 2.43 bits per heavy atom. The third-order valence-electron chi connectivity index (χ3n) is 4.09. The smallest absolute Gasteiger partial charge is 0.228 e. The highest BCUT2D eigenvalue weighted by atomic mass is 79.9. The standard InChI is InChI=1S/C21H24BrNO5/c1-3-25-18-10-14(16(22)13-20(18)26-4-2)11-21(24)23-15-6-7-17-19(12-15)28-9-5-8-27-17/h6-7,10,12-13H,3-5,8-9,11H2,1-2H3,(H,23,24). The number of hydrogen-bond acceptors (Lipinski definition) is 5. The van der Waals surface area contributed by atoms with Crippen molar-refractivity contribution >= 4 is 27.5 Å². The van der Waals surface area contributed by atoms with Gasteiger partial charge in [-0.15, -0.1) is 0 Å². The van der Waals surface area contributed by atoms with Gasteiger partial charge in [0.05, 0.1) is 32.8 Å². The van der Waals surface area contributed by atoms with E-state index in [2.05, 4.69) is 21.2 Å². The summed E-state index contributed by atoms with van der Waals surface area (Å²) in [6.45, 7) is 6.12. The molecule has 1 N–H and O–H groups in total. The number of ether oxygens (including phenoxy) is 4. The van der Waals surface area contributed by atoms with E-state index in [4.69, 9.17) is 18.9 Å². The summed E-state index contributed by atoms with van der Waals surface area (Å²) in [5.74, 6) is 2.50. The molecule has 1 aliphatic heterocycles. The van der Waals surface area contributed by atoms with Gasteiger partial charge in [-0.25, -0.2) is 0 Å². The lowest BCUT2D eigenvalue weighted by atomic mass is 10.1. The Kier molecular flexibility index (Phi) is 7.03. The first-order valence-corrected chi connectivity index (χ1v) is 10.2. The number of fused-ring (bicyclic) bond motifs is 1. The lowest BCUT2D eigenvalue weighted by Crippen LogP contribution is -2.15. The summed E-state index contributed by atoms with van der Waals surface area (Å²) in [5.41, 5.74) is 1.49. The Balaban J connectivity index is 1.72. The van der Waals surface area contributed by atoms with E-state index in [-0.39, 0.29) is 12.3 Å². The average Bonchev–Trinajstić information content (AvgIpc) is 2.90. The molecule has 0 spiro atoms. The maximum Gasteiger partial charge on any atom is 0.228 e. The molecule has 1 aliphatic rings. The Morgan fingerprint density at radius 1 is 1.04 bits per heavy atom. The lowest BCUT2D eigenvalue weighted by molar-refractivity contribution is -0.115. The number of carbonyl (C=O) groups is 1. The van der Waals surface area contributed by atoms with Crippen LogP contribution in [0.2, 0.25) is 0 Å². The van der Waals surface area contributed by atoms with Crippen molar-refractivity contribution in [2.45, 2.75) is 26.7 Å². The van der Waals surface area contributed by atoms with Gasteiger partial charge in [0.1, 0.15) is 0 Å². The number of benzene rings is 2. The number of carbonyl (C=O) groups excluding carboxylic acids is 1. The number of hydrogen-bond donors (Lipinski definition) is 1. The summed E-state index contributed by atoms with van der Waals surface area (Å²) in [7, 11) is 0. The van der Waals surface area contributed by atoms with E-state index in [1.165, 1.54) is 0 Å². The van der Waals surface area contributed by atoms with E-state index in [0.29, 0.717) is 55.1 Å². The van der Waals surface area contributed by atoms with E-state index in [1.54, 1.807) is 6.07 Å². The monoisotopic (exact) mass is 449 g/mol. The molecule has 0 bridgehead atoms. The van der Waals surface area contributed by atoms with E-state index in [0.717, 1.165) is 16.5 Å². The molecule has 1 amide bonds. The van der Waals surface area contributed by atoms with Crippen molar-refractivity contribution in [1.29, 1.82) is 0 Å². The van der Waals surface area contributed by atoms with Gasteiger partial charge < -0.3 is 24.3 Å². The molecular formula is C21H24BrNO5. The second-order valence-corrected chi connectivity index (χ2v) is 7.05. The Bertz CT molecular complexity index is 840. The number of nitrogens with one attached hydrogen (secondary N) is 1. The molecule has 0 aromatic heterocycles. The zero-order valence-corrected chi connectivity index (χ0v) is 17.6. The number of halogens is 1. The van der Waals surface area contributed by atoms with Gasteiger partial charge in [0, 0.05) is 22.6 Å². The summed E-state index contributed by atoms with van der Waals surface area (Å²) in [6.07, 6.45) is 1.03. The van der Waals surface area contributed by atoms with Crippen molar-refractivity contribution in [3.05, 3.63) is 40.4 Å². The fourth-order valence-corrected chi connectivity index (χ4v) is 3.33. The highest BCUT2D eigenvalue weighted by molar-refractivity contribution is 9.10. The Labute approximate surface area is 173 Å². The molecule has 0 saturated carbocycles. The van der Waals surface area contributed by atoms with Gasteiger partial charge in [0.25, 0.3) is 0 Å². The highest BCUT2D eigenvalue weighted by Gasteiger charge is 2.15. The first kappa shape index (κ1) is 20.3. The van der Waals surface area contributed by atoms with Crippen LogP contribution in [0.1, 0.15) is 25.8 Å². The molecule has 0 radical (unpaired) electrons. The third-order valence-corrected chi connectivity index (χ3v) is 4.83. The molecule has 0 aliphatic carbocycles. The zero-order valence-electron chi connectivity index (χ0n) is 16.0. The fourth-order valence-electron chi connectivity index (χ4n) is 2.87. The Morgan fingerprint density at radius 2 is 1.71 bits per heavy atom. The van der Waals surface area contributed by atoms with Crippen molar-refractivity contribution in [3.63, 3.8) is 0 Å². The van der Waals surface area contributed by atoms with Gasteiger partial charge in [-0.3, -0.25) is 4.79 Å². The van der Waals surface area contributed by atoms with Crippen molar-refractivity contribution in [1.82, 2.24) is 0 Å². The summed E-state index contributed by atoms with van der Waals surface area (Å²) >= 11 is 3.52. The normalized spacial score (nSPS) is 12.8. The van der Waals surface area contributed by atoms with Crippen LogP contribution in [-0.2, 0) is 11.2 Å². The van der Waals surface area contributed by atoms with Crippen LogP contribution in [0, 0.1) is 0 Å². The number of rotatable bonds is 7. The van der Waals surface area contributed by atoms with Crippen molar-refractivity contribution in [2.75, 3.05) is 31.7 Å². The van der Waals surface area contributed by atoms with Crippen LogP contribution in [-0.4, -0.2) is 32.3 Å². The first-order chi connectivity index (χ1) is 13.6. The summed E-state index contributed by atoms with van der Waals surface area (Å²) < 4.78 is 23.3. The highest BCUT2D eigenvalue weighted by Crippen LogP contribution is 2.35. The zero-order chi connectivity index (χ0) is 19.9. The molecule has 28 heavy (non-hydrogen) atoms. The van der Waals surface area contributed by atoms with Crippen LogP contribution in [0.3, 0.4) is 0 Å². The van der Waals surface area contributed by atoms with Crippen LogP contribution in [0.25, 0.3) is 0 Å². The summed E-state index contributed by atoms with van der Waals surface area (Å²) in [5, 5.41) is 2.91. The topological polar surface area (TPSA) is 66.0 Å². The maximum absolute atomic E-state index is 12.6. The van der Waals surface area contributed by atoms with E-state index >= 15 is 0 Å². The quantitative estimate of drug-likeness (QED) is 0.669. The summed E-state index contributed by atoms with van der Waals surface area (Å²) in [4.78, 5) is 12.6. The van der Waals surface area contributed by atoms with Crippen LogP contribution in [0.5, 0.6) is 23.0 Å². The van der Waals surface area contributed by atoms with Crippen LogP contribution < -0.4 is 24.3 Å².